The molecule has 0 saturated carbocycles. The van der Waals surface area contributed by atoms with E-state index in [1.165, 1.54) is 17.4 Å². The second-order valence-electron chi connectivity index (χ2n) is 7.20. The number of aromatic nitrogens is 3. The molecule has 0 saturated heterocycles. The van der Waals surface area contributed by atoms with E-state index in [-0.39, 0.29) is 27.2 Å². The summed E-state index contributed by atoms with van der Waals surface area (Å²) in [6, 6.07) is 10.0. The zero-order valence-electron chi connectivity index (χ0n) is 17.8. The molecule has 0 aliphatic carbocycles. The van der Waals surface area contributed by atoms with Crippen molar-refractivity contribution in [1.29, 1.82) is 0 Å². The Balaban J connectivity index is 1.75. The molecule has 12 heteroatoms. The number of aryl methyl sites for hydroxylation is 1. The summed E-state index contributed by atoms with van der Waals surface area (Å²) < 4.78 is 28.4. The topological polar surface area (TPSA) is 114 Å². The van der Waals surface area contributed by atoms with Gasteiger partial charge in [0.2, 0.25) is 15.9 Å². The average molecular weight is 510 g/mol. The molecule has 33 heavy (non-hydrogen) atoms. The van der Waals surface area contributed by atoms with Crippen LogP contribution in [0.1, 0.15) is 11.3 Å². The molecule has 3 rings (SSSR count). The van der Waals surface area contributed by atoms with Gasteiger partial charge in [-0.3, -0.25) is 14.6 Å². The lowest BCUT2D eigenvalue weighted by molar-refractivity contribution is -0.117. The van der Waals surface area contributed by atoms with Gasteiger partial charge in [0.25, 0.3) is 5.56 Å². The van der Waals surface area contributed by atoms with Crippen molar-refractivity contribution in [3.8, 4) is 0 Å². The number of amides is 1. The Morgan fingerprint density at radius 1 is 1.21 bits per heavy atom. The molecule has 1 N–H and O–H groups in total. The van der Waals surface area contributed by atoms with Crippen molar-refractivity contribution in [3.05, 3.63) is 80.4 Å². The first-order valence-corrected chi connectivity index (χ1v) is 12.0. The van der Waals surface area contributed by atoms with Crippen LogP contribution in [0.5, 0.6) is 0 Å². The van der Waals surface area contributed by atoms with Crippen LogP contribution >= 0.6 is 23.2 Å². The van der Waals surface area contributed by atoms with Gasteiger partial charge in [-0.15, -0.1) is 0 Å². The van der Waals surface area contributed by atoms with Gasteiger partial charge in [-0.2, -0.15) is 5.10 Å². The van der Waals surface area contributed by atoms with E-state index in [1.807, 2.05) is 12.1 Å². The zero-order valence-corrected chi connectivity index (χ0v) is 20.2. The van der Waals surface area contributed by atoms with Gasteiger partial charge >= 0.3 is 0 Å². The van der Waals surface area contributed by atoms with Crippen molar-refractivity contribution in [1.82, 2.24) is 19.1 Å². The fourth-order valence-corrected chi connectivity index (χ4v) is 4.65. The number of carbonyl (C=O) groups excluding carboxylic acids is 1. The highest BCUT2D eigenvalue weighted by Gasteiger charge is 2.23. The van der Waals surface area contributed by atoms with E-state index in [2.05, 4.69) is 15.4 Å². The number of rotatable bonds is 8. The predicted molar refractivity (Wildman–Crippen MR) is 126 cm³/mol. The third-order valence-corrected chi connectivity index (χ3v) is 7.55. The number of benzene rings is 1. The molecule has 0 aliphatic rings. The van der Waals surface area contributed by atoms with Crippen molar-refractivity contribution in [2.45, 2.75) is 24.8 Å². The van der Waals surface area contributed by atoms with Gasteiger partial charge in [0.15, 0.2) is 0 Å². The Labute approximate surface area is 201 Å². The maximum Gasteiger partial charge on any atom is 0.287 e. The molecular formula is C21H21Cl2N5O4S. The maximum atomic E-state index is 13.1. The Bertz CT molecular complexity index is 1330. The van der Waals surface area contributed by atoms with Gasteiger partial charge in [-0.05, 0) is 36.8 Å². The van der Waals surface area contributed by atoms with Crippen molar-refractivity contribution in [2.24, 2.45) is 0 Å². The average Bonchev–Trinajstić information content (AvgIpc) is 2.79. The number of hydrogen-bond donors (Lipinski definition) is 1. The third-order valence-electron chi connectivity index (χ3n) is 4.80. The number of likely N-dealkylation sites (N-methyl/N-ethyl adjacent to an activating group) is 1. The first-order chi connectivity index (χ1) is 15.6. The first kappa shape index (κ1) is 24.8. The van der Waals surface area contributed by atoms with Crippen molar-refractivity contribution in [3.63, 3.8) is 0 Å². The number of anilines is 1. The minimum Gasteiger partial charge on any atom is -0.324 e. The number of pyridine rings is 1. The first-order valence-electron chi connectivity index (χ1n) is 9.77. The van der Waals surface area contributed by atoms with Crippen LogP contribution in [0.3, 0.4) is 0 Å². The zero-order chi connectivity index (χ0) is 24.2. The van der Waals surface area contributed by atoms with Gasteiger partial charge in [0.1, 0.15) is 11.6 Å². The van der Waals surface area contributed by atoms with Crippen molar-refractivity contribution in [2.75, 3.05) is 18.9 Å². The van der Waals surface area contributed by atoms with Crippen LogP contribution in [0.15, 0.2) is 58.5 Å². The summed E-state index contributed by atoms with van der Waals surface area (Å²) in [5.74, 6) is -0.585. The summed E-state index contributed by atoms with van der Waals surface area (Å²) in [7, 11) is -2.33. The fourth-order valence-electron chi connectivity index (χ4n) is 2.96. The summed E-state index contributed by atoms with van der Waals surface area (Å²) in [6.07, 6.45) is 3.27. The van der Waals surface area contributed by atoms with Crippen LogP contribution in [-0.2, 0) is 27.8 Å². The van der Waals surface area contributed by atoms with Crippen LogP contribution < -0.4 is 10.9 Å². The van der Waals surface area contributed by atoms with E-state index in [4.69, 9.17) is 23.2 Å². The summed E-state index contributed by atoms with van der Waals surface area (Å²) in [6.45, 7) is 1.49. The van der Waals surface area contributed by atoms with Gasteiger partial charge in [-0.1, -0.05) is 35.3 Å². The number of hydrogen-bond acceptors (Lipinski definition) is 6. The largest absolute Gasteiger partial charge is 0.324 e. The fraction of sp³-hybridized carbons (Fsp3) is 0.238. The van der Waals surface area contributed by atoms with Crippen LogP contribution in [0.2, 0.25) is 10.0 Å². The lowest BCUT2D eigenvalue weighted by Gasteiger charge is -2.19. The molecule has 0 bridgehead atoms. The minimum atomic E-state index is -3.82. The van der Waals surface area contributed by atoms with Crippen LogP contribution in [0.25, 0.3) is 0 Å². The Kier molecular flexibility index (Phi) is 7.85. The number of nitrogens with zero attached hydrogens (tertiary/aromatic N) is 4. The normalized spacial score (nSPS) is 11.5. The summed E-state index contributed by atoms with van der Waals surface area (Å²) in [5.41, 5.74) is 0.861. The van der Waals surface area contributed by atoms with Gasteiger partial charge in [0, 0.05) is 37.6 Å². The lowest BCUT2D eigenvalue weighted by Crippen LogP contribution is -2.30. The monoisotopic (exact) mass is 509 g/mol. The highest BCUT2D eigenvalue weighted by molar-refractivity contribution is 7.89. The summed E-state index contributed by atoms with van der Waals surface area (Å²) in [5, 5.41) is 6.11. The van der Waals surface area contributed by atoms with Crippen LogP contribution in [0, 0.1) is 6.92 Å². The van der Waals surface area contributed by atoms with E-state index in [9.17, 15) is 18.0 Å². The van der Waals surface area contributed by atoms with Crippen LogP contribution in [-0.4, -0.2) is 47.0 Å². The second-order valence-corrected chi connectivity index (χ2v) is 9.99. The third kappa shape index (κ3) is 5.97. The molecular weight excluding hydrogens is 489 g/mol. The molecule has 3 aromatic rings. The lowest BCUT2D eigenvalue weighted by atomic mass is 10.2. The molecule has 9 nitrogen and oxygen atoms in total. The summed E-state index contributed by atoms with van der Waals surface area (Å²) in [4.78, 5) is 28.7. The van der Waals surface area contributed by atoms with E-state index in [0.29, 0.717) is 12.0 Å². The van der Waals surface area contributed by atoms with E-state index in [0.717, 1.165) is 16.6 Å². The highest BCUT2D eigenvalue weighted by atomic mass is 35.5. The maximum absolute atomic E-state index is 13.1. The van der Waals surface area contributed by atoms with E-state index >= 15 is 0 Å². The van der Waals surface area contributed by atoms with Crippen molar-refractivity contribution >= 4 is 44.8 Å². The van der Waals surface area contributed by atoms with Gasteiger partial charge < -0.3 is 5.32 Å². The van der Waals surface area contributed by atoms with E-state index in [1.54, 1.807) is 31.3 Å². The van der Waals surface area contributed by atoms with Crippen molar-refractivity contribution < 1.29 is 13.2 Å². The van der Waals surface area contributed by atoms with E-state index < -0.39 is 28.0 Å². The molecule has 0 radical (unpaired) electrons. The Hall–Kier alpha value is -2.79. The Morgan fingerprint density at radius 2 is 1.97 bits per heavy atom. The highest BCUT2D eigenvalue weighted by Crippen LogP contribution is 2.23. The standard InChI is InChI=1S/C21H21Cl2N5O4S/c1-14-6-7-16(26-19(29)13-28-21(30)20(23)17(22)12-25-28)11-18(14)33(31,32)27(2)10-8-15-5-3-4-9-24-15/h3-7,9,11-12H,8,10,13H2,1-2H3,(H,26,29). The van der Waals surface area contributed by atoms with Gasteiger partial charge in [0.05, 0.1) is 16.1 Å². The molecule has 1 aromatic carbocycles. The SMILES string of the molecule is Cc1ccc(NC(=O)Cn2ncc(Cl)c(Cl)c2=O)cc1S(=O)(=O)N(C)CCc1ccccn1. The molecule has 174 valence electrons. The number of sulfonamides is 1. The number of carbonyl (C=O) groups is 1. The van der Waals surface area contributed by atoms with Crippen LogP contribution in [0.4, 0.5) is 5.69 Å². The molecule has 0 unspecified atom stereocenters. The number of halogens is 2. The van der Waals surface area contributed by atoms with Gasteiger partial charge in [-0.25, -0.2) is 17.4 Å². The molecule has 1 amide bonds. The summed E-state index contributed by atoms with van der Waals surface area (Å²) >= 11 is 11.5. The quantitative estimate of drug-likeness (QED) is 0.499. The molecule has 0 aliphatic heterocycles. The Morgan fingerprint density at radius 3 is 2.67 bits per heavy atom. The molecule has 0 atom stereocenters. The smallest absolute Gasteiger partial charge is 0.287 e. The molecule has 2 heterocycles. The number of nitrogens with one attached hydrogen (secondary N) is 1. The minimum absolute atomic E-state index is 0.0149. The molecule has 0 fully saturated rings. The molecule has 2 aromatic heterocycles. The second kappa shape index (κ2) is 10.4. The molecule has 0 spiro atoms. The predicted octanol–water partition coefficient (Wildman–Crippen LogP) is 2.76.